The molecule has 0 fully saturated rings. The fourth-order valence-corrected chi connectivity index (χ4v) is 0. The van der Waals surface area contributed by atoms with E-state index >= 15 is 0 Å². The minimum absolute atomic E-state index is 0. The second kappa shape index (κ2) is 37.6. The van der Waals surface area contributed by atoms with Crippen LogP contribution in [0, 0.1) is 0 Å². The van der Waals surface area contributed by atoms with Crippen LogP contribution in [-0.2, 0) is 38.6 Å². The average Bonchev–Trinajstić information content (AvgIpc) is 0.811. The van der Waals surface area contributed by atoms with Crippen LogP contribution in [0.5, 0.6) is 0 Å². The van der Waals surface area contributed by atoms with Crippen molar-refractivity contribution in [1.82, 2.24) is 0 Å². The fraction of sp³-hybridized carbons (Fsp3) is 0. The van der Waals surface area contributed by atoms with E-state index in [1.54, 1.807) is 0 Å². The molecule has 0 saturated heterocycles. The molecule has 0 bridgehead atoms. The molecule has 0 amide bonds. The summed E-state index contributed by atoms with van der Waals surface area (Å²) in [6, 6.07) is 0. The Hall–Kier alpha value is 4.42. The van der Waals surface area contributed by atoms with E-state index in [-0.39, 0.29) is 151 Å². The molecule has 0 rings (SSSR count). The molecule has 1 radical (unpaired) electrons. The third-order valence-corrected chi connectivity index (χ3v) is 0. The molecule has 0 aliphatic carbocycles. The Balaban J connectivity index is -0.00000000300. The molecule has 51 valence electrons. The Morgan fingerprint density at radius 3 is 1.20 bits per heavy atom. The summed E-state index contributed by atoms with van der Waals surface area (Å²) in [5.74, 6) is 0. The van der Waals surface area contributed by atoms with E-state index in [2.05, 4.69) is 0 Å². The summed E-state index contributed by atoms with van der Waals surface area (Å²) in [6.07, 6.45) is 0. The Kier molecular flexibility index (Phi) is 177. The minimum atomic E-state index is -3.13. The van der Waals surface area contributed by atoms with Crippen LogP contribution in [0.2, 0.25) is 0 Å². The SMILES string of the molecule is O=[Si](O)O.[AlH3].[Fe].[KH].[LiH].[Mn].[NaH]. The van der Waals surface area contributed by atoms with E-state index in [1.807, 2.05) is 0 Å². The quantitative estimate of drug-likeness (QED) is 0.441. The van der Waals surface area contributed by atoms with Crippen LogP contribution in [0.3, 0.4) is 0 Å². The van der Waals surface area contributed by atoms with Crippen molar-refractivity contribution in [2.24, 2.45) is 0 Å². The molecule has 0 aromatic carbocycles. The fourth-order valence-electron chi connectivity index (χ4n) is 0. The molecule has 0 aromatic rings. The molecule has 0 heterocycles. The molecular formula is H8AlFeKLiMnNaO3Si. The van der Waals surface area contributed by atoms with Gasteiger partial charge in [-0.15, -0.1) is 0 Å². The number of hydrogen-bond acceptors (Lipinski definition) is 1. The number of rotatable bonds is 0. The van der Waals surface area contributed by atoms with Gasteiger partial charge in [0, 0.05) is 34.1 Å². The molecule has 0 aliphatic rings. The zero-order chi connectivity index (χ0) is 3.58. The first-order valence-corrected chi connectivity index (χ1v) is 1.95. The zero-order valence-corrected chi connectivity index (χ0v) is 5.82. The van der Waals surface area contributed by atoms with Gasteiger partial charge in [0.05, 0.1) is 0 Å². The van der Waals surface area contributed by atoms with Gasteiger partial charge in [0.15, 0.2) is 17.4 Å². The third kappa shape index (κ3) is 82.9. The van der Waals surface area contributed by atoms with Crippen molar-refractivity contribution < 1.29 is 48.2 Å². The Morgan fingerprint density at radius 1 is 1.20 bits per heavy atom. The van der Waals surface area contributed by atoms with Crippen LogP contribution >= 0.6 is 0 Å². The van der Waals surface area contributed by atoms with E-state index in [0.29, 0.717) is 0 Å². The topological polar surface area (TPSA) is 57.5 Å². The molecule has 3 nitrogen and oxygen atoms in total. The first-order valence-electron chi connectivity index (χ1n) is 0.651. The van der Waals surface area contributed by atoms with E-state index in [1.165, 1.54) is 0 Å². The van der Waals surface area contributed by atoms with Crippen molar-refractivity contribution in [3.63, 3.8) is 0 Å². The van der Waals surface area contributed by atoms with E-state index in [4.69, 9.17) is 14.1 Å². The monoisotopic (exact) mass is 291 g/mol. The molecule has 10 heavy (non-hydrogen) atoms. The van der Waals surface area contributed by atoms with Gasteiger partial charge in [-0.25, -0.2) is 0 Å². The number of hydrogen-bond donors (Lipinski definition) is 2. The van der Waals surface area contributed by atoms with Crippen molar-refractivity contribution in [1.29, 1.82) is 0 Å². The molecule has 0 unspecified atom stereocenters. The summed E-state index contributed by atoms with van der Waals surface area (Å²) in [6.45, 7) is 0. The van der Waals surface area contributed by atoms with Crippen molar-refractivity contribution in [2.45, 2.75) is 0 Å². The molecule has 0 spiro atoms. The van der Waals surface area contributed by atoms with Gasteiger partial charge >= 0.3 is 109 Å². The van der Waals surface area contributed by atoms with Gasteiger partial charge in [-0.3, -0.25) is 4.46 Å². The Labute approximate surface area is 170 Å². The maximum atomic E-state index is 8.74. The summed E-state index contributed by atoms with van der Waals surface area (Å²) in [4.78, 5) is 14.3. The second-order valence-electron chi connectivity index (χ2n) is 0.283. The van der Waals surface area contributed by atoms with Crippen LogP contribution in [0.1, 0.15) is 0 Å². The van der Waals surface area contributed by atoms with Crippen molar-refractivity contribution in [3.05, 3.63) is 0 Å². The van der Waals surface area contributed by atoms with Crippen LogP contribution < -0.4 is 0 Å². The first-order chi connectivity index (χ1) is 1.73. The summed E-state index contributed by atoms with van der Waals surface area (Å²) in [7, 11) is -3.13. The Morgan fingerprint density at radius 2 is 1.20 bits per heavy atom. The zero-order valence-electron chi connectivity index (χ0n) is 2.53. The second-order valence-corrected chi connectivity index (χ2v) is 0.848. The van der Waals surface area contributed by atoms with Gasteiger partial charge in [-0.05, 0) is 0 Å². The molecule has 0 aromatic heterocycles. The average molecular weight is 291 g/mol. The van der Waals surface area contributed by atoms with Crippen LogP contribution in [0.4, 0.5) is 0 Å². The van der Waals surface area contributed by atoms with Crippen molar-refractivity contribution in [3.8, 4) is 0 Å². The maximum absolute atomic E-state index is 8.74. The van der Waals surface area contributed by atoms with Gasteiger partial charge in [0.1, 0.15) is 0 Å². The third-order valence-electron chi connectivity index (χ3n) is 0. The predicted octanol–water partition coefficient (Wildman–Crippen LogP) is -4.75. The summed E-state index contributed by atoms with van der Waals surface area (Å²) in [5, 5.41) is 0. The van der Waals surface area contributed by atoms with Crippen LogP contribution in [0.25, 0.3) is 0 Å². The van der Waals surface area contributed by atoms with Gasteiger partial charge in [0.25, 0.3) is 0 Å². The molecule has 10 heteroatoms. The molecule has 0 aliphatic heterocycles. The van der Waals surface area contributed by atoms with Crippen LogP contribution in [0.15, 0.2) is 0 Å². The first kappa shape index (κ1) is 47.2. The van der Waals surface area contributed by atoms with Gasteiger partial charge in [-0.2, -0.15) is 0 Å². The van der Waals surface area contributed by atoms with Crippen molar-refractivity contribution in [2.75, 3.05) is 0 Å². The van der Waals surface area contributed by atoms with Gasteiger partial charge < -0.3 is 9.59 Å². The molecular weight excluding hydrogens is 283 g/mol. The van der Waals surface area contributed by atoms with Crippen LogP contribution in [-0.4, -0.2) is 136 Å². The van der Waals surface area contributed by atoms with E-state index in [0.717, 1.165) is 0 Å². The normalized spacial score (nSPS) is 2.40. The van der Waals surface area contributed by atoms with Gasteiger partial charge in [-0.1, -0.05) is 0 Å². The predicted molar refractivity (Wildman–Crippen MR) is 42.3 cm³/mol. The molecule has 2 N–H and O–H groups in total. The van der Waals surface area contributed by atoms with Crippen molar-refractivity contribution >= 4 is 126 Å². The molecule has 0 saturated carbocycles. The Bertz CT molecular complexity index is 51.5. The molecule has 0 atom stereocenters. The van der Waals surface area contributed by atoms with E-state index < -0.39 is 9.17 Å². The standard InChI is InChI=1S/Al.Fe.K.Li.Mn.Na.H2O3Si.6H/c;;;;;;1-4(2)3;;;;;;/h;;;;;;1-2H;;;;;;. The van der Waals surface area contributed by atoms with E-state index in [9.17, 15) is 0 Å². The summed E-state index contributed by atoms with van der Waals surface area (Å²) >= 11 is 0. The summed E-state index contributed by atoms with van der Waals surface area (Å²) in [5.41, 5.74) is 0. The summed E-state index contributed by atoms with van der Waals surface area (Å²) < 4.78 is 8.74. The van der Waals surface area contributed by atoms with Gasteiger partial charge in [0.2, 0.25) is 0 Å².